The van der Waals surface area contributed by atoms with Gasteiger partial charge in [0, 0.05) is 6.92 Å². The number of carboxylic acid groups (broad SMARTS) is 1. The van der Waals surface area contributed by atoms with Crippen molar-refractivity contribution in [1.82, 2.24) is 5.32 Å². The summed E-state index contributed by atoms with van der Waals surface area (Å²) in [5.74, 6) is -1.30. The number of carbonyl (C=O) groups is 2. The summed E-state index contributed by atoms with van der Waals surface area (Å²) in [5, 5.41) is 10.7. The van der Waals surface area contributed by atoms with Crippen LogP contribution < -0.4 is 5.32 Å². The lowest BCUT2D eigenvalue weighted by Crippen LogP contribution is -2.38. The number of nitrogens with one attached hydrogen (secondary N) is 1. The maximum absolute atomic E-state index is 10.3. The first-order chi connectivity index (χ1) is 5.57. The number of carbonyl (C=O) groups excluding carboxylic acids is 1. The van der Waals surface area contributed by atoms with Crippen molar-refractivity contribution >= 4 is 34.5 Å². The summed E-state index contributed by atoms with van der Waals surface area (Å²) in [7, 11) is 0. The Labute approximate surface area is 85.9 Å². The van der Waals surface area contributed by atoms with Gasteiger partial charge in [0.1, 0.15) is 6.04 Å². The Morgan fingerprint density at radius 1 is 1.50 bits per heavy atom. The van der Waals surface area contributed by atoms with Gasteiger partial charge in [-0.15, -0.1) is 0 Å². The number of rotatable bonds is 3. The maximum Gasteiger partial charge on any atom is 0.326 e. The second-order valence-electron chi connectivity index (χ2n) is 2.00. The first-order valence-electron chi connectivity index (χ1n) is 3.45. The molecule has 0 rings (SSSR count). The van der Waals surface area contributed by atoms with E-state index in [1.807, 2.05) is 4.93 Å². The quantitative estimate of drug-likeness (QED) is 0.602. The van der Waals surface area contributed by atoms with E-state index in [-0.39, 0.29) is 5.91 Å². The number of amides is 1. The Hall–Kier alpha value is -0.330. The number of halogens is 1. The van der Waals surface area contributed by atoms with Gasteiger partial charge in [0.05, 0.1) is 0 Å². The number of hydrogen-bond donors (Lipinski definition) is 2. The lowest BCUT2D eigenvalue weighted by atomic mass is 10.2. The Balaban J connectivity index is 0. The van der Waals surface area contributed by atoms with Crippen molar-refractivity contribution < 1.29 is 14.7 Å². The monoisotopic (exact) mass is 287 g/mol. The largest absolute Gasteiger partial charge is 0.480 e. The number of aliphatic carboxylic acids is 1. The molecule has 0 bridgehead atoms. The minimum absolute atomic E-state index is 0.311. The molecule has 0 spiro atoms. The predicted octanol–water partition coefficient (Wildman–Crippen LogP) is 1.04. The highest BCUT2D eigenvalue weighted by molar-refractivity contribution is 14.1. The van der Waals surface area contributed by atoms with Gasteiger partial charge in [-0.25, -0.2) is 4.79 Å². The Kier molecular flexibility index (Phi) is 10.4. The average Bonchev–Trinajstić information content (AvgIpc) is 2.03. The van der Waals surface area contributed by atoms with E-state index in [1.54, 1.807) is 6.92 Å². The molecule has 0 aromatic carbocycles. The first kappa shape index (κ1) is 14.2. The molecule has 2 N–H and O–H groups in total. The highest BCUT2D eigenvalue weighted by Crippen LogP contribution is 1.89. The van der Waals surface area contributed by atoms with Crippen LogP contribution in [0.4, 0.5) is 0 Å². The van der Waals surface area contributed by atoms with Crippen LogP contribution in [0.2, 0.25) is 0 Å². The van der Waals surface area contributed by atoms with Crippen molar-refractivity contribution in [2.45, 2.75) is 26.3 Å². The fourth-order valence-electron chi connectivity index (χ4n) is 0.584. The lowest BCUT2D eigenvalue weighted by Gasteiger charge is -2.08. The van der Waals surface area contributed by atoms with Gasteiger partial charge in [-0.2, -0.15) is 0 Å². The van der Waals surface area contributed by atoms with Crippen molar-refractivity contribution in [3.8, 4) is 0 Å². The van der Waals surface area contributed by atoms with Crippen molar-refractivity contribution in [1.29, 1.82) is 0 Å². The summed E-state index contributed by atoms with van der Waals surface area (Å²) < 4.78 is 0. The van der Waals surface area contributed by atoms with Gasteiger partial charge in [-0.1, -0.05) is 29.5 Å². The van der Waals surface area contributed by atoms with Crippen LogP contribution in [0, 0.1) is 0 Å². The topological polar surface area (TPSA) is 66.4 Å². The molecule has 5 heteroatoms. The molecule has 0 aromatic heterocycles. The van der Waals surface area contributed by atoms with Crippen molar-refractivity contribution in [3.63, 3.8) is 0 Å². The first-order valence-corrected chi connectivity index (χ1v) is 5.61. The SMILES string of the molecule is CCC(NC(C)=O)C(=O)O.CI. The normalized spacial score (nSPS) is 10.7. The third-order valence-electron chi connectivity index (χ3n) is 1.08. The van der Waals surface area contributed by atoms with Gasteiger partial charge in [-0.05, 0) is 11.4 Å². The molecule has 1 unspecified atom stereocenters. The zero-order valence-corrected chi connectivity index (χ0v) is 9.58. The highest BCUT2D eigenvalue weighted by Gasteiger charge is 2.14. The number of hydrogen-bond acceptors (Lipinski definition) is 2. The molecule has 0 aromatic rings. The molecule has 0 heterocycles. The van der Waals surface area contributed by atoms with Crippen molar-refractivity contribution in [3.05, 3.63) is 0 Å². The standard InChI is InChI=1S/C6H11NO3.CH3I/c1-3-5(6(9)10)7-4(2)8;1-2/h5H,3H2,1-2H3,(H,7,8)(H,9,10);1H3. The van der Waals surface area contributed by atoms with Gasteiger partial charge in [0.2, 0.25) is 5.91 Å². The van der Waals surface area contributed by atoms with Crippen molar-refractivity contribution in [2.24, 2.45) is 0 Å². The maximum atomic E-state index is 10.3. The fraction of sp³-hybridized carbons (Fsp3) is 0.714. The van der Waals surface area contributed by atoms with E-state index < -0.39 is 12.0 Å². The van der Waals surface area contributed by atoms with Gasteiger partial charge in [0.25, 0.3) is 0 Å². The van der Waals surface area contributed by atoms with E-state index in [2.05, 4.69) is 27.9 Å². The molecule has 72 valence electrons. The van der Waals surface area contributed by atoms with Gasteiger partial charge >= 0.3 is 5.97 Å². The van der Waals surface area contributed by atoms with Crippen LogP contribution in [0.25, 0.3) is 0 Å². The zero-order chi connectivity index (χ0) is 10.1. The highest BCUT2D eigenvalue weighted by atomic mass is 127. The Morgan fingerprint density at radius 2 is 1.92 bits per heavy atom. The number of alkyl halides is 1. The van der Waals surface area contributed by atoms with E-state index in [0.29, 0.717) is 6.42 Å². The van der Waals surface area contributed by atoms with Gasteiger partial charge in [-0.3, -0.25) is 4.79 Å². The third kappa shape index (κ3) is 7.77. The number of carboxylic acids is 1. The molecule has 0 saturated carbocycles. The molecule has 0 aliphatic carbocycles. The van der Waals surface area contributed by atoms with Crippen LogP contribution in [0.3, 0.4) is 0 Å². The summed E-state index contributed by atoms with van der Waals surface area (Å²) in [6, 6.07) is -0.738. The average molecular weight is 287 g/mol. The fourth-order valence-corrected chi connectivity index (χ4v) is 0.584. The Bertz CT molecular complexity index is 150. The van der Waals surface area contributed by atoms with Crippen LogP contribution in [-0.4, -0.2) is 28.0 Å². The van der Waals surface area contributed by atoms with Crippen LogP contribution in [0.15, 0.2) is 0 Å². The smallest absolute Gasteiger partial charge is 0.326 e. The van der Waals surface area contributed by atoms with E-state index in [1.165, 1.54) is 6.92 Å². The van der Waals surface area contributed by atoms with Crippen LogP contribution in [0.5, 0.6) is 0 Å². The van der Waals surface area contributed by atoms with E-state index in [4.69, 9.17) is 5.11 Å². The summed E-state index contributed by atoms with van der Waals surface area (Å²) in [4.78, 5) is 22.6. The van der Waals surface area contributed by atoms with E-state index in [9.17, 15) is 9.59 Å². The van der Waals surface area contributed by atoms with Crippen molar-refractivity contribution in [2.75, 3.05) is 4.93 Å². The van der Waals surface area contributed by atoms with Gasteiger partial charge < -0.3 is 10.4 Å². The van der Waals surface area contributed by atoms with Crippen LogP contribution in [-0.2, 0) is 9.59 Å². The molecule has 1 amide bonds. The molecule has 1 atom stereocenters. The summed E-state index contributed by atoms with van der Waals surface area (Å²) in [6.07, 6.45) is 0.412. The van der Waals surface area contributed by atoms with E-state index >= 15 is 0 Å². The molecule has 0 aliphatic rings. The molecular formula is C7H14INO3. The predicted molar refractivity (Wildman–Crippen MR) is 55.5 cm³/mol. The molecule has 0 saturated heterocycles. The third-order valence-corrected chi connectivity index (χ3v) is 1.08. The molecule has 12 heavy (non-hydrogen) atoms. The summed E-state index contributed by atoms with van der Waals surface area (Å²) in [6.45, 7) is 3.00. The lowest BCUT2D eigenvalue weighted by molar-refractivity contribution is -0.141. The molecular weight excluding hydrogens is 273 g/mol. The van der Waals surface area contributed by atoms with Crippen LogP contribution >= 0.6 is 22.6 Å². The molecule has 4 nitrogen and oxygen atoms in total. The molecule has 0 fully saturated rings. The zero-order valence-electron chi connectivity index (χ0n) is 7.43. The summed E-state index contributed by atoms with van der Waals surface area (Å²) >= 11 is 2.15. The Morgan fingerprint density at radius 3 is 2.00 bits per heavy atom. The second kappa shape index (κ2) is 8.76. The molecule has 0 aliphatic heterocycles. The molecule has 0 radical (unpaired) electrons. The minimum Gasteiger partial charge on any atom is -0.480 e. The second-order valence-corrected chi connectivity index (χ2v) is 2.00. The van der Waals surface area contributed by atoms with Crippen LogP contribution in [0.1, 0.15) is 20.3 Å². The van der Waals surface area contributed by atoms with Gasteiger partial charge in [0.15, 0.2) is 0 Å². The van der Waals surface area contributed by atoms with E-state index in [0.717, 1.165) is 0 Å². The minimum atomic E-state index is -0.988. The summed E-state index contributed by atoms with van der Waals surface area (Å²) in [5.41, 5.74) is 0.